The smallest absolute Gasteiger partial charge is 0.298 e. The number of carbonyl (C=O) groups excluding carboxylic acids is 2. The Labute approximate surface area is 138 Å². The van der Waals surface area contributed by atoms with Gasteiger partial charge in [-0.2, -0.15) is 0 Å². The van der Waals surface area contributed by atoms with Crippen molar-refractivity contribution in [3.05, 3.63) is 64.6 Å². The highest BCUT2D eigenvalue weighted by atomic mass is 32.2. The molecule has 1 aliphatic rings. The van der Waals surface area contributed by atoms with Crippen LogP contribution in [0.2, 0.25) is 0 Å². The summed E-state index contributed by atoms with van der Waals surface area (Å²) in [6.45, 7) is 1.96. The molecule has 2 amide bonds. The van der Waals surface area contributed by atoms with Crippen LogP contribution < -0.4 is 9.64 Å². The number of benzene rings is 2. The third kappa shape index (κ3) is 3.14. The Balaban J connectivity index is 1.88. The molecule has 0 unspecified atom stereocenters. The Kier molecular flexibility index (Phi) is 4.21. The van der Waals surface area contributed by atoms with E-state index in [0.29, 0.717) is 10.6 Å². The maximum absolute atomic E-state index is 12.5. The fraction of sp³-hybridized carbons (Fsp3) is 0.111. The van der Waals surface area contributed by atoms with Gasteiger partial charge in [0.2, 0.25) is 0 Å². The highest BCUT2D eigenvalue weighted by Gasteiger charge is 2.36. The largest absolute Gasteiger partial charge is 0.497 e. The summed E-state index contributed by atoms with van der Waals surface area (Å²) in [6.07, 6.45) is 1.72. The van der Waals surface area contributed by atoms with Gasteiger partial charge in [-0.1, -0.05) is 29.8 Å². The lowest BCUT2D eigenvalue weighted by Gasteiger charge is -2.12. The molecular weight excluding hydrogens is 310 g/mol. The Bertz CT molecular complexity index is 779. The van der Waals surface area contributed by atoms with Crippen molar-refractivity contribution in [2.75, 3.05) is 12.0 Å². The van der Waals surface area contributed by atoms with E-state index in [-0.39, 0.29) is 11.1 Å². The fourth-order valence-corrected chi connectivity index (χ4v) is 3.08. The van der Waals surface area contributed by atoms with Gasteiger partial charge >= 0.3 is 0 Å². The molecular formula is C18H15NO3S. The molecule has 0 atom stereocenters. The topological polar surface area (TPSA) is 46.6 Å². The number of rotatable bonds is 3. The van der Waals surface area contributed by atoms with E-state index >= 15 is 0 Å². The summed E-state index contributed by atoms with van der Waals surface area (Å²) in [5.74, 6) is 0.453. The van der Waals surface area contributed by atoms with Crippen LogP contribution in [0, 0.1) is 6.92 Å². The van der Waals surface area contributed by atoms with Crippen LogP contribution in [0.4, 0.5) is 10.5 Å². The summed E-state index contributed by atoms with van der Waals surface area (Å²) < 4.78 is 5.11. The van der Waals surface area contributed by atoms with E-state index in [2.05, 4.69) is 0 Å². The lowest BCUT2D eigenvalue weighted by Crippen LogP contribution is -2.27. The Morgan fingerprint density at radius 3 is 2.26 bits per heavy atom. The van der Waals surface area contributed by atoms with Gasteiger partial charge in [-0.3, -0.25) is 9.59 Å². The van der Waals surface area contributed by atoms with E-state index < -0.39 is 0 Å². The van der Waals surface area contributed by atoms with Crippen LogP contribution in [0.25, 0.3) is 6.08 Å². The average Bonchev–Trinajstić information content (AvgIpc) is 2.83. The highest BCUT2D eigenvalue weighted by Crippen LogP contribution is 2.35. The molecule has 0 spiro atoms. The summed E-state index contributed by atoms with van der Waals surface area (Å²) in [7, 11) is 1.60. The average molecular weight is 325 g/mol. The molecule has 1 fully saturated rings. The van der Waals surface area contributed by atoms with Crippen molar-refractivity contribution in [2.24, 2.45) is 0 Å². The number of ether oxygens (including phenoxy) is 1. The molecule has 0 aliphatic carbocycles. The monoisotopic (exact) mass is 325 g/mol. The van der Waals surface area contributed by atoms with E-state index in [1.54, 1.807) is 25.3 Å². The third-order valence-electron chi connectivity index (χ3n) is 3.50. The number of nitrogens with zero attached hydrogens (tertiary/aromatic N) is 1. The van der Waals surface area contributed by atoms with Gasteiger partial charge in [-0.25, -0.2) is 4.90 Å². The van der Waals surface area contributed by atoms with Crippen LogP contribution in [0.1, 0.15) is 11.1 Å². The van der Waals surface area contributed by atoms with Crippen LogP contribution in [-0.4, -0.2) is 18.3 Å². The minimum Gasteiger partial charge on any atom is -0.497 e. The zero-order valence-corrected chi connectivity index (χ0v) is 13.6. The molecule has 0 radical (unpaired) electrons. The second kappa shape index (κ2) is 6.30. The van der Waals surface area contributed by atoms with Crippen molar-refractivity contribution < 1.29 is 14.3 Å². The zero-order valence-electron chi connectivity index (χ0n) is 12.8. The van der Waals surface area contributed by atoms with Gasteiger partial charge in [0.25, 0.3) is 11.1 Å². The van der Waals surface area contributed by atoms with Crippen LogP contribution in [0.5, 0.6) is 5.75 Å². The maximum atomic E-state index is 12.5. The fourth-order valence-electron chi connectivity index (χ4n) is 2.24. The van der Waals surface area contributed by atoms with Gasteiger partial charge in [-0.05, 0) is 54.6 Å². The van der Waals surface area contributed by atoms with Gasteiger partial charge in [0.05, 0.1) is 17.7 Å². The van der Waals surface area contributed by atoms with Gasteiger partial charge in [0.15, 0.2) is 0 Å². The molecule has 23 heavy (non-hydrogen) atoms. The third-order valence-corrected chi connectivity index (χ3v) is 4.37. The molecule has 3 rings (SSSR count). The van der Waals surface area contributed by atoms with Crippen molar-refractivity contribution in [1.29, 1.82) is 0 Å². The SMILES string of the molecule is COc1ccc(/C=C2/SC(=O)N(c3ccc(C)cc3)C2=O)cc1. The predicted octanol–water partition coefficient (Wildman–Crippen LogP) is 4.24. The number of hydrogen-bond donors (Lipinski definition) is 0. The van der Waals surface area contributed by atoms with E-state index in [4.69, 9.17) is 4.74 Å². The first-order valence-corrected chi connectivity index (χ1v) is 7.89. The van der Waals surface area contributed by atoms with Crippen molar-refractivity contribution in [1.82, 2.24) is 0 Å². The van der Waals surface area contributed by atoms with Crippen LogP contribution in [0.3, 0.4) is 0 Å². The molecule has 4 nitrogen and oxygen atoms in total. The van der Waals surface area contributed by atoms with Gasteiger partial charge in [0.1, 0.15) is 5.75 Å². The summed E-state index contributed by atoms with van der Waals surface area (Å²) in [4.78, 5) is 26.3. The number of amides is 2. The summed E-state index contributed by atoms with van der Waals surface area (Å²) in [5.41, 5.74) is 2.52. The zero-order chi connectivity index (χ0) is 16.4. The van der Waals surface area contributed by atoms with E-state index in [1.165, 1.54) is 4.90 Å². The molecule has 0 aromatic heterocycles. The lowest BCUT2D eigenvalue weighted by molar-refractivity contribution is -0.113. The normalized spacial score (nSPS) is 16.3. The van der Waals surface area contributed by atoms with Crippen LogP contribution in [0.15, 0.2) is 53.4 Å². The number of carbonyl (C=O) groups is 2. The van der Waals surface area contributed by atoms with E-state index in [1.807, 2.05) is 43.3 Å². The van der Waals surface area contributed by atoms with Gasteiger partial charge in [-0.15, -0.1) is 0 Å². The predicted molar refractivity (Wildman–Crippen MR) is 92.6 cm³/mol. The molecule has 1 aliphatic heterocycles. The van der Waals surface area contributed by atoms with Crippen LogP contribution >= 0.6 is 11.8 Å². The molecule has 1 saturated heterocycles. The van der Waals surface area contributed by atoms with E-state index in [9.17, 15) is 9.59 Å². The molecule has 116 valence electrons. The summed E-state index contributed by atoms with van der Waals surface area (Å²) in [6, 6.07) is 14.6. The molecule has 2 aromatic carbocycles. The van der Waals surface area contributed by atoms with Gasteiger partial charge < -0.3 is 4.74 Å². The number of methoxy groups -OCH3 is 1. The highest BCUT2D eigenvalue weighted by molar-refractivity contribution is 8.19. The summed E-state index contributed by atoms with van der Waals surface area (Å²) in [5, 5.41) is -0.279. The van der Waals surface area contributed by atoms with Crippen molar-refractivity contribution in [3.8, 4) is 5.75 Å². The van der Waals surface area contributed by atoms with Gasteiger partial charge in [0, 0.05) is 0 Å². The number of hydrogen-bond acceptors (Lipinski definition) is 4. The van der Waals surface area contributed by atoms with Crippen molar-refractivity contribution in [3.63, 3.8) is 0 Å². The first kappa shape index (κ1) is 15.4. The molecule has 5 heteroatoms. The van der Waals surface area contributed by atoms with Crippen LogP contribution in [-0.2, 0) is 4.79 Å². The Morgan fingerprint density at radius 1 is 1.00 bits per heavy atom. The number of imide groups is 1. The molecule has 2 aromatic rings. The van der Waals surface area contributed by atoms with Crippen molar-refractivity contribution >= 4 is 34.7 Å². The second-order valence-electron chi connectivity index (χ2n) is 5.13. The maximum Gasteiger partial charge on any atom is 0.298 e. The second-order valence-corrected chi connectivity index (χ2v) is 6.12. The lowest BCUT2D eigenvalue weighted by atomic mass is 10.2. The first-order chi connectivity index (χ1) is 11.1. The molecule has 0 N–H and O–H groups in total. The molecule has 0 bridgehead atoms. The van der Waals surface area contributed by atoms with E-state index in [0.717, 1.165) is 28.6 Å². The summed E-state index contributed by atoms with van der Waals surface area (Å²) >= 11 is 0.953. The minimum absolute atomic E-state index is 0.279. The number of thioether (sulfide) groups is 1. The quantitative estimate of drug-likeness (QED) is 0.792. The Hall–Kier alpha value is -2.53. The van der Waals surface area contributed by atoms with Crippen molar-refractivity contribution in [2.45, 2.75) is 6.92 Å². The minimum atomic E-state index is -0.292. The first-order valence-electron chi connectivity index (χ1n) is 7.07. The standard InChI is InChI=1S/C18H15NO3S/c1-12-3-7-14(8-4-12)19-17(20)16(23-18(19)21)11-13-5-9-15(22-2)10-6-13/h3-11H,1-2H3/b16-11+. The Morgan fingerprint density at radius 2 is 1.65 bits per heavy atom. The number of aryl methyl sites for hydroxylation is 1. The molecule has 1 heterocycles. The number of anilines is 1. The molecule has 0 saturated carbocycles.